The van der Waals surface area contributed by atoms with Crippen molar-refractivity contribution < 1.29 is 44.3 Å². The van der Waals surface area contributed by atoms with E-state index in [4.69, 9.17) is 10.5 Å². The van der Waals surface area contributed by atoms with Crippen molar-refractivity contribution in [3.8, 4) is 22.6 Å². The Bertz CT molecular complexity index is 1570. The van der Waals surface area contributed by atoms with Gasteiger partial charge in [-0.05, 0) is 67.7 Å². The van der Waals surface area contributed by atoms with Crippen molar-refractivity contribution in [1.82, 2.24) is 10.2 Å². The Morgan fingerprint density at radius 3 is 2.32 bits per heavy atom. The van der Waals surface area contributed by atoms with Gasteiger partial charge in [0.25, 0.3) is 5.91 Å². The molecule has 214 valence electrons. The summed E-state index contributed by atoms with van der Waals surface area (Å²) in [7, 11) is 4.52. The first-order chi connectivity index (χ1) is 19.3. The summed E-state index contributed by atoms with van der Waals surface area (Å²) in [6, 6.07) is 8.41. The molecular weight excluding hydrogens is 534 g/mol. The third-order valence-electron chi connectivity index (χ3n) is 8.18. The Labute approximate surface area is 234 Å². The van der Waals surface area contributed by atoms with Crippen LogP contribution in [0.5, 0.6) is 11.5 Å². The first-order valence-corrected chi connectivity index (χ1v) is 12.8. The standard InChI is InChI=1S/C29H29N3O9/c1-31-28(39)41-14-6-4-12(5-7-14)15-8-9-18(33)20-16(15)10-13-11-17-22(32(2)3)24(35)21(27(30)38)26(37)29(17,40)25(36)19(13)23(20)34/h4-9,13,17,22,33-34,37,40H,10-11H2,1-3H3,(H2,30,38)(H,31,39)/t13-,17-,22-,29-/m0/s1. The quantitative estimate of drug-likeness (QED) is 0.295. The van der Waals surface area contributed by atoms with Crippen LogP contribution in [-0.2, 0) is 20.8 Å². The van der Waals surface area contributed by atoms with E-state index in [0.717, 1.165) is 0 Å². The molecular formula is C29H29N3O9. The van der Waals surface area contributed by atoms with Crippen molar-refractivity contribution in [2.24, 2.45) is 17.6 Å². The normalized spacial score (nSPS) is 25.4. The van der Waals surface area contributed by atoms with Crippen molar-refractivity contribution in [3.05, 3.63) is 64.4 Å². The van der Waals surface area contributed by atoms with Crippen molar-refractivity contribution in [2.75, 3.05) is 21.1 Å². The van der Waals surface area contributed by atoms with Crippen LogP contribution in [0.3, 0.4) is 0 Å². The maximum absolute atomic E-state index is 13.9. The number of nitrogens with one attached hydrogen (secondary N) is 1. The molecule has 12 heteroatoms. The number of primary amides is 1. The van der Waals surface area contributed by atoms with Crippen molar-refractivity contribution in [3.63, 3.8) is 0 Å². The highest BCUT2D eigenvalue weighted by molar-refractivity contribution is 6.24. The van der Waals surface area contributed by atoms with Crippen molar-refractivity contribution >= 4 is 29.3 Å². The molecule has 5 rings (SSSR count). The van der Waals surface area contributed by atoms with E-state index >= 15 is 0 Å². The minimum Gasteiger partial charge on any atom is -0.508 e. The van der Waals surface area contributed by atoms with Gasteiger partial charge < -0.3 is 36.2 Å². The number of carbonyl (C=O) groups excluding carboxylic acids is 4. The molecule has 0 radical (unpaired) electrons. The number of phenolic OH excluding ortho intramolecular Hbond substituents is 1. The van der Waals surface area contributed by atoms with E-state index in [2.05, 4.69) is 5.32 Å². The van der Waals surface area contributed by atoms with Gasteiger partial charge in [-0.25, -0.2) is 4.79 Å². The number of Topliss-reactive ketones (excluding diaryl/α,β-unsaturated/α-hetero) is 2. The topological polar surface area (TPSA) is 200 Å². The fourth-order valence-electron chi connectivity index (χ4n) is 6.38. The van der Waals surface area contributed by atoms with Gasteiger partial charge in [-0.1, -0.05) is 18.2 Å². The number of nitrogens with two attached hydrogens (primary N) is 1. The fraction of sp³-hybridized carbons (Fsp3) is 0.310. The van der Waals surface area contributed by atoms with Crippen LogP contribution >= 0.6 is 0 Å². The summed E-state index contributed by atoms with van der Waals surface area (Å²) in [4.78, 5) is 52.3. The van der Waals surface area contributed by atoms with E-state index in [1.54, 1.807) is 44.4 Å². The molecule has 3 aliphatic rings. The summed E-state index contributed by atoms with van der Waals surface area (Å²) in [6.45, 7) is 0. The van der Waals surface area contributed by atoms with E-state index in [1.165, 1.54) is 18.0 Å². The number of hydrogen-bond donors (Lipinski definition) is 6. The highest BCUT2D eigenvalue weighted by Crippen LogP contribution is 2.53. The molecule has 4 atom stereocenters. The van der Waals surface area contributed by atoms with Gasteiger partial charge in [0.15, 0.2) is 11.4 Å². The van der Waals surface area contributed by atoms with Gasteiger partial charge in [0.2, 0.25) is 5.78 Å². The zero-order valence-electron chi connectivity index (χ0n) is 22.5. The second-order valence-corrected chi connectivity index (χ2v) is 10.6. The van der Waals surface area contributed by atoms with Gasteiger partial charge in [0.05, 0.1) is 11.6 Å². The molecule has 1 saturated carbocycles. The first kappa shape index (κ1) is 27.9. The lowest BCUT2D eigenvalue weighted by molar-refractivity contribution is -0.153. The Balaban J connectivity index is 1.65. The molecule has 0 unspecified atom stereocenters. The fourth-order valence-corrected chi connectivity index (χ4v) is 6.38. The molecule has 0 heterocycles. The molecule has 0 bridgehead atoms. The van der Waals surface area contributed by atoms with Gasteiger partial charge in [-0.2, -0.15) is 0 Å². The zero-order chi connectivity index (χ0) is 30.0. The minimum atomic E-state index is -2.70. The number of nitrogens with zero attached hydrogens (tertiary/aromatic N) is 1. The van der Waals surface area contributed by atoms with E-state index in [1.807, 2.05) is 0 Å². The SMILES string of the molecule is CNC(=O)Oc1ccc(-c2ccc(O)c3c2C[C@H]2C[C@H]4[C@H](N(C)C)C(=O)C(C(N)=O)=C(O)[C@@]4(O)C(=O)C2=C3O)cc1. The molecule has 0 aromatic heterocycles. The number of aliphatic hydroxyl groups excluding tert-OH is 2. The van der Waals surface area contributed by atoms with Crippen LogP contribution in [0.1, 0.15) is 17.5 Å². The van der Waals surface area contributed by atoms with Gasteiger partial charge in [0, 0.05) is 18.5 Å². The van der Waals surface area contributed by atoms with Gasteiger partial charge in [-0.15, -0.1) is 0 Å². The Hall–Kier alpha value is -4.68. The molecule has 2 aromatic rings. The number of hydrogen-bond acceptors (Lipinski definition) is 10. The number of carbonyl (C=O) groups is 4. The third-order valence-corrected chi connectivity index (χ3v) is 8.18. The second-order valence-electron chi connectivity index (χ2n) is 10.6. The van der Waals surface area contributed by atoms with Gasteiger partial charge >= 0.3 is 6.09 Å². The summed E-state index contributed by atoms with van der Waals surface area (Å²) < 4.78 is 5.13. The maximum atomic E-state index is 13.9. The van der Waals surface area contributed by atoms with E-state index < -0.39 is 64.1 Å². The van der Waals surface area contributed by atoms with Crippen molar-refractivity contribution in [1.29, 1.82) is 0 Å². The Morgan fingerprint density at radius 2 is 1.73 bits per heavy atom. The number of phenols is 1. The van der Waals surface area contributed by atoms with Crippen LogP contribution in [0.15, 0.2) is 53.3 Å². The molecule has 2 amide bonds. The maximum Gasteiger partial charge on any atom is 0.412 e. The van der Waals surface area contributed by atoms with Crippen LogP contribution in [0.4, 0.5) is 4.79 Å². The number of ether oxygens (including phenoxy) is 1. The lowest BCUT2D eigenvalue weighted by Crippen LogP contribution is -2.65. The highest BCUT2D eigenvalue weighted by atomic mass is 16.5. The van der Waals surface area contributed by atoms with Crippen molar-refractivity contribution in [2.45, 2.75) is 24.5 Å². The van der Waals surface area contributed by atoms with E-state index in [0.29, 0.717) is 22.4 Å². The number of rotatable bonds is 4. The Morgan fingerprint density at radius 1 is 1.07 bits per heavy atom. The monoisotopic (exact) mass is 563 g/mol. The summed E-state index contributed by atoms with van der Waals surface area (Å²) >= 11 is 0. The summed E-state index contributed by atoms with van der Waals surface area (Å²) in [5.74, 6) is -6.75. The van der Waals surface area contributed by atoms with Gasteiger partial charge in [-0.3, -0.25) is 19.3 Å². The number of likely N-dealkylation sites (N-methyl/N-ethyl adjacent to an activating group) is 1. The predicted molar refractivity (Wildman–Crippen MR) is 145 cm³/mol. The molecule has 41 heavy (non-hydrogen) atoms. The molecule has 3 aliphatic carbocycles. The minimum absolute atomic E-state index is 0.00974. The lowest BCUT2D eigenvalue weighted by Gasteiger charge is -2.50. The number of benzene rings is 2. The molecule has 0 spiro atoms. The number of fused-ring (bicyclic) bond motifs is 3. The third kappa shape index (κ3) is 4.06. The summed E-state index contributed by atoms with van der Waals surface area (Å²) in [5.41, 5.74) is 3.39. The average Bonchev–Trinajstić information content (AvgIpc) is 2.91. The van der Waals surface area contributed by atoms with E-state index in [-0.39, 0.29) is 29.7 Å². The predicted octanol–water partition coefficient (Wildman–Crippen LogP) is 1.35. The number of ketones is 2. The lowest BCUT2D eigenvalue weighted by atomic mass is 9.57. The Kier molecular flexibility index (Phi) is 6.63. The molecule has 0 saturated heterocycles. The summed E-state index contributed by atoms with van der Waals surface area (Å²) in [5, 5.41) is 47.1. The number of aliphatic hydroxyl groups is 3. The number of amides is 2. The molecule has 7 N–H and O–H groups in total. The smallest absolute Gasteiger partial charge is 0.412 e. The largest absolute Gasteiger partial charge is 0.508 e. The number of aromatic hydroxyl groups is 1. The van der Waals surface area contributed by atoms with E-state index in [9.17, 15) is 39.6 Å². The van der Waals surface area contributed by atoms with Crippen LogP contribution in [0, 0.1) is 11.8 Å². The zero-order valence-corrected chi connectivity index (χ0v) is 22.5. The van der Waals surface area contributed by atoms with Crippen LogP contribution in [0.25, 0.3) is 16.9 Å². The average molecular weight is 564 g/mol. The molecule has 2 aromatic carbocycles. The molecule has 1 fully saturated rings. The second kappa shape index (κ2) is 9.75. The van der Waals surface area contributed by atoms with Crippen LogP contribution in [-0.4, -0.2) is 81.7 Å². The molecule has 0 aliphatic heterocycles. The van der Waals surface area contributed by atoms with Crippen LogP contribution in [0.2, 0.25) is 0 Å². The first-order valence-electron chi connectivity index (χ1n) is 12.8. The summed E-state index contributed by atoms with van der Waals surface area (Å²) in [6.07, 6.45) is -0.500. The molecule has 12 nitrogen and oxygen atoms in total. The van der Waals surface area contributed by atoms with Gasteiger partial charge in [0.1, 0.15) is 28.6 Å². The van der Waals surface area contributed by atoms with Crippen LogP contribution < -0.4 is 15.8 Å². The highest BCUT2D eigenvalue weighted by Gasteiger charge is 2.64.